The highest BCUT2D eigenvalue weighted by atomic mass is 32.1. The number of carbonyl (C=O) groups is 2. The second kappa shape index (κ2) is 8.26. The lowest BCUT2D eigenvalue weighted by Crippen LogP contribution is -2.40. The van der Waals surface area contributed by atoms with Crippen LogP contribution >= 0.6 is 11.3 Å². The van der Waals surface area contributed by atoms with Crippen molar-refractivity contribution in [2.45, 2.75) is 40.2 Å². The number of hydrogen-bond acceptors (Lipinski definition) is 7. The number of amides is 2. The molecule has 0 aliphatic carbocycles. The average Bonchev–Trinajstić information content (AvgIpc) is 3.02. The van der Waals surface area contributed by atoms with E-state index < -0.39 is 23.6 Å². The number of hydrogen-bond donors (Lipinski definition) is 0. The van der Waals surface area contributed by atoms with Crippen molar-refractivity contribution in [3.8, 4) is 10.6 Å². The predicted molar refractivity (Wildman–Crippen MR) is 99.9 cm³/mol. The highest BCUT2D eigenvalue weighted by Crippen LogP contribution is 2.32. The van der Waals surface area contributed by atoms with E-state index in [1.165, 1.54) is 18.5 Å². The molecule has 0 aliphatic rings. The number of ether oxygens (including phenoxy) is 2. The fourth-order valence-corrected chi connectivity index (χ4v) is 2.71. The van der Waals surface area contributed by atoms with Crippen LogP contribution in [-0.4, -0.2) is 27.8 Å². The van der Waals surface area contributed by atoms with Gasteiger partial charge < -0.3 is 9.47 Å². The summed E-state index contributed by atoms with van der Waals surface area (Å²) in [6.07, 6.45) is 3.59. The molecule has 0 saturated carbocycles. The lowest BCUT2D eigenvalue weighted by atomic mass is 10.2. The van der Waals surface area contributed by atoms with Crippen molar-refractivity contribution in [1.82, 2.24) is 9.97 Å². The number of allylic oxidation sites excluding steroid dienone is 2. The van der Waals surface area contributed by atoms with Crippen molar-refractivity contribution < 1.29 is 23.5 Å². The van der Waals surface area contributed by atoms with Crippen molar-refractivity contribution >= 4 is 28.5 Å². The first-order chi connectivity index (χ1) is 12.6. The monoisotopic (exact) mass is 393 g/mol. The maximum absolute atomic E-state index is 13.4. The number of aromatic nitrogens is 2. The molecule has 0 N–H and O–H groups in total. The molecule has 2 aromatic rings. The molecular formula is C18H20FN3O4S. The van der Waals surface area contributed by atoms with E-state index in [0.29, 0.717) is 16.3 Å². The van der Waals surface area contributed by atoms with Crippen LogP contribution in [0.25, 0.3) is 10.6 Å². The Morgan fingerprint density at radius 2 is 1.93 bits per heavy atom. The summed E-state index contributed by atoms with van der Waals surface area (Å²) in [5.74, 6) is -0.191. The largest absolute Gasteiger partial charge is 0.443 e. The van der Waals surface area contributed by atoms with Gasteiger partial charge >= 0.3 is 12.2 Å². The van der Waals surface area contributed by atoms with Crippen LogP contribution in [0.15, 0.2) is 36.5 Å². The second-order valence-electron chi connectivity index (χ2n) is 6.48. The number of carbonyl (C=O) groups excluding carboxylic acids is 2. The highest BCUT2D eigenvalue weighted by Gasteiger charge is 2.32. The number of anilines is 1. The van der Waals surface area contributed by atoms with Crippen molar-refractivity contribution in [3.05, 3.63) is 42.3 Å². The van der Waals surface area contributed by atoms with Gasteiger partial charge in [0.2, 0.25) is 0 Å². The molecule has 7 nitrogen and oxygen atoms in total. The summed E-state index contributed by atoms with van der Waals surface area (Å²) >= 11 is 1.01. The van der Waals surface area contributed by atoms with Crippen molar-refractivity contribution in [1.29, 1.82) is 0 Å². The normalized spacial score (nSPS) is 11.9. The van der Waals surface area contributed by atoms with E-state index >= 15 is 0 Å². The summed E-state index contributed by atoms with van der Waals surface area (Å²) in [6, 6.07) is 1.26. The van der Waals surface area contributed by atoms with Crippen LogP contribution in [0.1, 0.15) is 34.6 Å². The van der Waals surface area contributed by atoms with Gasteiger partial charge in [0.1, 0.15) is 27.2 Å². The average molecular weight is 393 g/mol. The van der Waals surface area contributed by atoms with Crippen molar-refractivity contribution in [2.75, 3.05) is 4.90 Å². The molecule has 144 valence electrons. The zero-order valence-corrected chi connectivity index (χ0v) is 16.5. The Kier molecular flexibility index (Phi) is 6.27. The number of thiazole rings is 1. The smallest absolute Gasteiger partial charge is 0.429 e. The minimum atomic E-state index is -0.924. The second-order valence-corrected chi connectivity index (χ2v) is 7.49. The van der Waals surface area contributed by atoms with Crippen LogP contribution in [0.2, 0.25) is 0 Å². The molecular weight excluding hydrogens is 373 g/mol. The predicted octanol–water partition coefficient (Wildman–Crippen LogP) is 5.15. The zero-order chi connectivity index (χ0) is 20.2. The van der Waals surface area contributed by atoms with E-state index in [1.54, 1.807) is 40.7 Å². The number of rotatable bonds is 3. The fraction of sp³-hybridized carbons (Fsp3) is 0.333. The Morgan fingerprint density at radius 3 is 2.52 bits per heavy atom. The standard InChI is InChI=1S/C18H20FN3O4S/c1-6-11(2)25-16(23)22(17(24)26-18(3,4)5)14-10-21-15(27-14)12-7-13(19)9-20-8-12/h6-10H,1-5H3/b11-6+. The SMILES string of the molecule is C/C=C(\C)OC(=O)N(C(=O)OC(C)(C)C)c1cnc(-c2cncc(F)c2)s1. The molecule has 0 saturated heterocycles. The Bertz CT molecular complexity index is 873. The third kappa shape index (κ3) is 5.58. The van der Waals surface area contributed by atoms with Crippen LogP contribution in [0.5, 0.6) is 0 Å². The van der Waals surface area contributed by atoms with E-state index in [-0.39, 0.29) is 5.00 Å². The Balaban J connectivity index is 2.38. The lowest BCUT2D eigenvalue weighted by Gasteiger charge is -2.24. The first-order valence-electron chi connectivity index (χ1n) is 8.05. The van der Waals surface area contributed by atoms with E-state index in [2.05, 4.69) is 9.97 Å². The Morgan fingerprint density at radius 1 is 1.22 bits per heavy atom. The minimum Gasteiger partial charge on any atom is -0.443 e. The van der Waals surface area contributed by atoms with E-state index in [0.717, 1.165) is 22.4 Å². The molecule has 0 aliphatic heterocycles. The van der Waals surface area contributed by atoms with Gasteiger partial charge in [0, 0.05) is 11.8 Å². The van der Waals surface area contributed by atoms with Crippen LogP contribution in [-0.2, 0) is 9.47 Å². The highest BCUT2D eigenvalue weighted by molar-refractivity contribution is 7.19. The van der Waals surface area contributed by atoms with Gasteiger partial charge in [0.05, 0.1) is 12.4 Å². The third-order valence-corrected chi connectivity index (χ3v) is 4.11. The molecule has 0 radical (unpaired) electrons. The summed E-state index contributed by atoms with van der Waals surface area (Å²) in [6.45, 7) is 8.33. The molecule has 2 amide bonds. The van der Waals surface area contributed by atoms with Crippen molar-refractivity contribution in [2.24, 2.45) is 0 Å². The summed E-state index contributed by atoms with van der Waals surface area (Å²) < 4.78 is 23.8. The van der Waals surface area contributed by atoms with Crippen LogP contribution < -0.4 is 4.90 Å². The molecule has 0 bridgehead atoms. The van der Waals surface area contributed by atoms with Crippen LogP contribution in [0, 0.1) is 5.82 Å². The van der Waals surface area contributed by atoms with Gasteiger partial charge in [-0.2, -0.15) is 4.90 Å². The molecule has 27 heavy (non-hydrogen) atoms. The molecule has 2 aromatic heterocycles. The molecule has 2 rings (SSSR count). The summed E-state index contributed by atoms with van der Waals surface area (Å²) in [4.78, 5) is 33.7. The van der Waals surface area contributed by atoms with E-state index in [9.17, 15) is 14.0 Å². The maximum atomic E-state index is 13.4. The van der Waals surface area contributed by atoms with Gasteiger partial charge in [-0.1, -0.05) is 11.3 Å². The number of nitrogens with zero attached hydrogens (tertiary/aromatic N) is 3. The number of halogens is 1. The molecule has 0 fully saturated rings. The van der Waals surface area contributed by atoms with E-state index in [1.807, 2.05) is 0 Å². The quantitative estimate of drug-likeness (QED) is 0.671. The number of imide groups is 1. The summed E-state index contributed by atoms with van der Waals surface area (Å²) in [5.41, 5.74) is -0.390. The Labute approximate surface area is 160 Å². The van der Waals surface area contributed by atoms with Gasteiger partial charge in [-0.05, 0) is 46.8 Å². The molecule has 0 atom stereocenters. The van der Waals surface area contributed by atoms with Gasteiger partial charge in [-0.15, -0.1) is 0 Å². The maximum Gasteiger partial charge on any atom is 0.429 e. The molecule has 0 aromatic carbocycles. The van der Waals surface area contributed by atoms with Gasteiger partial charge in [0.25, 0.3) is 0 Å². The van der Waals surface area contributed by atoms with E-state index in [4.69, 9.17) is 9.47 Å². The molecule has 0 unspecified atom stereocenters. The molecule has 9 heteroatoms. The first kappa shape index (κ1) is 20.5. The fourth-order valence-electron chi connectivity index (χ4n) is 1.84. The third-order valence-electron chi connectivity index (χ3n) is 3.08. The topological polar surface area (TPSA) is 81.6 Å². The lowest BCUT2D eigenvalue weighted by molar-refractivity contribution is 0.0578. The summed E-state index contributed by atoms with van der Waals surface area (Å²) in [5, 5.41) is 0.568. The Hall–Kier alpha value is -2.81. The van der Waals surface area contributed by atoms with Crippen molar-refractivity contribution in [3.63, 3.8) is 0 Å². The van der Waals surface area contributed by atoms with Gasteiger partial charge in [-0.25, -0.2) is 19.0 Å². The number of pyridine rings is 1. The van der Waals surface area contributed by atoms with Crippen LogP contribution in [0.4, 0.5) is 19.0 Å². The van der Waals surface area contributed by atoms with Gasteiger partial charge in [-0.3, -0.25) is 4.98 Å². The molecule has 0 spiro atoms. The molecule has 2 heterocycles. The first-order valence-corrected chi connectivity index (χ1v) is 8.87. The zero-order valence-electron chi connectivity index (χ0n) is 15.6. The van der Waals surface area contributed by atoms with Gasteiger partial charge in [0.15, 0.2) is 0 Å². The minimum absolute atomic E-state index is 0.178. The van der Waals surface area contributed by atoms with Crippen LogP contribution in [0.3, 0.4) is 0 Å². The summed E-state index contributed by atoms with van der Waals surface area (Å²) in [7, 11) is 0.